The number of fused-ring (bicyclic) bond motifs is 3. The fraction of sp³-hybridized carbons (Fsp3) is 0.913. The zero-order valence-corrected chi connectivity index (χ0v) is 20.4. The lowest BCUT2D eigenvalue weighted by atomic mass is 9.96. The quantitative estimate of drug-likeness (QED) is 0.507. The molecule has 4 heterocycles. The molecule has 178 valence electrons. The third-order valence-electron chi connectivity index (χ3n) is 6.60. The van der Waals surface area contributed by atoms with Gasteiger partial charge in [-0.1, -0.05) is 0 Å². The van der Waals surface area contributed by atoms with Gasteiger partial charge in [0.1, 0.15) is 5.60 Å². The number of guanidine groups is 1. The summed E-state index contributed by atoms with van der Waals surface area (Å²) in [6, 6.07) is 0.556. The Kier molecular flexibility index (Phi) is 8.44. The van der Waals surface area contributed by atoms with Gasteiger partial charge >= 0.3 is 6.09 Å². The molecule has 1 amide bonds. The van der Waals surface area contributed by atoms with Crippen molar-refractivity contribution in [3.8, 4) is 0 Å². The Balaban J connectivity index is 1.49. The standard InChI is InChI=1S/C23H44N6O2/c1-6-24-21(25-16-20-18-26-12-14-28(20)15-13-26)29-10-8-19(9-11-29)17-27(7-2)22(30)31-23(3,4)5/h19-20H,6-18H2,1-5H3,(H,24,25). The number of ether oxygens (including phenoxy) is 1. The number of hydrogen-bond acceptors (Lipinski definition) is 5. The molecule has 2 bridgehead atoms. The minimum Gasteiger partial charge on any atom is -0.444 e. The Morgan fingerprint density at radius 3 is 2.29 bits per heavy atom. The van der Waals surface area contributed by atoms with Gasteiger partial charge in [0.25, 0.3) is 0 Å². The molecule has 4 aliphatic rings. The highest BCUT2D eigenvalue weighted by Crippen LogP contribution is 2.21. The number of carbonyl (C=O) groups excluding carboxylic acids is 1. The second-order valence-corrected chi connectivity index (χ2v) is 10.1. The lowest BCUT2D eigenvalue weighted by molar-refractivity contribution is 0.0172. The summed E-state index contributed by atoms with van der Waals surface area (Å²) in [4.78, 5) is 26.9. The molecule has 0 aliphatic carbocycles. The van der Waals surface area contributed by atoms with Crippen molar-refractivity contribution in [3.05, 3.63) is 0 Å². The first-order chi connectivity index (χ1) is 14.8. The van der Waals surface area contributed by atoms with E-state index in [1.165, 1.54) is 26.2 Å². The summed E-state index contributed by atoms with van der Waals surface area (Å²) in [5, 5.41) is 3.51. The van der Waals surface area contributed by atoms with Gasteiger partial charge in [0.2, 0.25) is 0 Å². The first-order valence-corrected chi connectivity index (χ1v) is 12.3. The molecule has 1 unspecified atom stereocenters. The minimum atomic E-state index is -0.448. The molecule has 0 radical (unpaired) electrons. The van der Waals surface area contributed by atoms with Crippen LogP contribution in [0.25, 0.3) is 0 Å². The molecule has 1 N–H and O–H groups in total. The molecule has 0 aromatic rings. The number of piperidine rings is 1. The van der Waals surface area contributed by atoms with E-state index in [2.05, 4.69) is 26.9 Å². The Morgan fingerprint density at radius 2 is 1.77 bits per heavy atom. The van der Waals surface area contributed by atoms with Crippen LogP contribution in [0.4, 0.5) is 4.79 Å². The van der Waals surface area contributed by atoms with Crippen molar-refractivity contribution in [2.24, 2.45) is 10.9 Å². The SMILES string of the molecule is CCNC(=NCC1CN2CCN1CC2)N1CCC(CN(CC)C(=O)OC(C)(C)C)CC1. The van der Waals surface area contributed by atoms with Gasteiger partial charge in [0.15, 0.2) is 5.96 Å². The highest BCUT2D eigenvalue weighted by atomic mass is 16.6. The minimum absolute atomic E-state index is 0.195. The predicted octanol–water partition coefficient (Wildman–Crippen LogP) is 1.92. The van der Waals surface area contributed by atoms with Gasteiger partial charge in [-0.2, -0.15) is 0 Å². The molecule has 4 saturated heterocycles. The molecular formula is C23H44N6O2. The van der Waals surface area contributed by atoms with Gasteiger partial charge in [-0.25, -0.2) is 4.79 Å². The van der Waals surface area contributed by atoms with Crippen molar-refractivity contribution in [2.45, 2.75) is 59.1 Å². The molecule has 8 heteroatoms. The van der Waals surface area contributed by atoms with Crippen LogP contribution in [-0.4, -0.2) is 115 Å². The van der Waals surface area contributed by atoms with E-state index in [0.717, 1.165) is 58.1 Å². The normalized spacial score (nSPS) is 27.3. The summed E-state index contributed by atoms with van der Waals surface area (Å²) >= 11 is 0. The van der Waals surface area contributed by atoms with Crippen molar-refractivity contribution >= 4 is 12.1 Å². The van der Waals surface area contributed by atoms with E-state index >= 15 is 0 Å². The highest BCUT2D eigenvalue weighted by Gasteiger charge is 2.32. The number of likely N-dealkylation sites (tertiary alicyclic amines) is 1. The van der Waals surface area contributed by atoms with Gasteiger partial charge in [-0.05, 0) is 53.4 Å². The zero-order valence-electron chi connectivity index (χ0n) is 20.4. The fourth-order valence-corrected chi connectivity index (χ4v) is 4.81. The summed E-state index contributed by atoms with van der Waals surface area (Å²) in [6.45, 7) is 21.1. The number of piperazine rings is 3. The van der Waals surface area contributed by atoms with Gasteiger partial charge < -0.3 is 19.9 Å². The van der Waals surface area contributed by atoms with E-state index in [1.54, 1.807) is 0 Å². The van der Waals surface area contributed by atoms with Crippen LogP contribution in [-0.2, 0) is 4.74 Å². The second-order valence-electron chi connectivity index (χ2n) is 10.1. The molecule has 0 aromatic carbocycles. The van der Waals surface area contributed by atoms with Crippen molar-refractivity contribution in [1.29, 1.82) is 0 Å². The monoisotopic (exact) mass is 436 g/mol. The van der Waals surface area contributed by atoms with Crippen molar-refractivity contribution < 1.29 is 9.53 Å². The number of carbonyl (C=O) groups is 1. The van der Waals surface area contributed by atoms with Crippen molar-refractivity contribution in [3.63, 3.8) is 0 Å². The maximum absolute atomic E-state index is 12.5. The smallest absolute Gasteiger partial charge is 0.410 e. The molecule has 4 rings (SSSR count). The molecule has 0 aromatic heterocycles. The van der Waals surface area contributed by atoms with E-state index in [0.29, 0.717) is 18.5 Å². The molecule has 0 spiro atoms. The number of nitrogens with one attached hydrogen (secondary N) is 1. The third kappa shape index (κ3) is 6.97. The molecule has 0 saturated carbocycles. The lowest BCUT2D eigenvalue weighted by Crippen LogP contribution is -2.62. The van der Waals surface area contributed by atoms with Crippen molar-refractivity contribution in [1.82, 2.24) is 24.9 Å². The van der Waals surface area contributed by atoms with Gasteiger partial charge in [0, 0.05) is 71.5 Å². The van der Waals surface area contributed by atoms with Gasteiger partial charge in [-0.15, -0.1) is 0 Å². The molecular weight excluding hydrogens is 392 g/mol. The van der Waals surface area contributed by atoms with E-state index in [-0.39, 0.29) is 6.09 Å². The maximum atomic E-state index is 12.5. The average Bonchev–Trinajstić information content (AvgIpc) is 2.75. The van der Waals surface area contributed by atoms with Gasteiger partial charge in [0.05, 0.1) is 6.54 Å². The first-order valence-electron chi connectivity index (χ1n) is 12.3. The predicted molar refractivity (Wildman–Crippen MR) is 126 cm³/mol. The Hall–Kier alpha value is -1.54. The van der Waals surface area contributed by atoms with Crippen LogP contribution >= 0.6 is 0 Å². The summed E-state index contributed by atoms with van der Waals surface area (Å²) in [6.07, 6.45) is 1.96. The number of amides is 1. The summed E-state index contributed by atoms with van der Waals surface area (Å²) < 4.78 is 5.57. The lowest BCUT2D eigenvalue weighted by Gasteiger charge is -2.47. The number of hydrogen-bond donors (Lipinski definition) is 1. The Morgan fingerprint density at radius 1 is 1.10 bits per heavy atom. The number of aliphatic imine (C=N–C) groups is 1. The van der Waals surface area contributed by atoms with E-state index in [9.17, 15) is 4.79 Å². The van der Waals surface area contributed by atoms with E-state index in [1.807, 2.05) is 32.6 Å². The van der Waals surface area contributed by atoms with Crippen LogP contribution in [0.1, 0.15) is 47.5 Å². The van der Waals surface area contributed by atoms with Crippen LogP contribution in [0.15, 0.2) is 4.99 Å². The molecule has 1 atom stereocenters. The van der Waals surface area contributed by atoms with Crippen molar-refractivity contribution in [2.75, 3.05) is 72.0 Å². The highest BCUT2D eigenvalue weighted by molar-refractivity contribution is 5.80. The largest absolute Gasteiger partial charge is 0.444 e. The molecule has 8 nitrogen and oxygen atoms in total. The van der Waals surface area contributed by atoms with Gasteiger partial charge in [-0.3, -0.25) is 14.8 Å². The average molecular weight is 437 g/mol. The molecule has 31 heavy (non-hydrogen) atoms. The summed E-state index contributed by atoms with van der Waals surface area (Å²) in [7, 11) is 0. The Labute approximate surface area is 189 Å². The summed E-state index contributed by atoms with van der Waals surface area (Å²) in [5.74, 6) is 1.57. The Bertz CT molecular complexity index is 604. The number of rotatable bonds is 6. The van der Waals surface area contributed by atoms with Crippen LogP contribution in [0.2, 0.25) is 0 Å². The molecule has 4 aliphatic heterocycles. The van der Waals surface area contributed by atoms with Crippen LogP contribution in [0.3, 0.4) is 0 Å². The van der Waals surface area contributed by atoms with Crippen LogP contribution in [0, 0.1) is 5.92 Å². The topological polar surface area (TPSA) is 63.7 Å². The van der Waals surface area contributed by atoms with Crippen LogP contribution < -0.4 is 5.32 Å². The first kappa shape index (κ1) is 24.1. The summed E-state index contributed by atoms with van der Waals surface area (Å²) in [5.41, 5.74) is -0.448. The van der Waals surface area contributed by atoms with Crippen LogP contribution in [0.5, 0.6) is 0 Å². The zero-order chi connectivity index (χ0) is 22.4. The van der Waals surface area contributed by atoms with E-state index in [4.69, 9.17) is 9.73 Å². The molecule has 4 fully saturated rings. The third-order valence-corrected chi connectivity index (χ3v) is 6.60. The fourth-order valence-electron chi connectivity index (χ4n) is 4.81. The van der Waals surface area contributed by atoms with E-state index < -0.39 is 5.60 Å². The maximum Gasteiger partial charge on any atom is 0.410 e. The second kappa shape index (κ2) is 10.9. The number of nitrogens with zero attached hydrogens (tertiary/aromatic N) is 5.